The summed E-state index contributed by atoms with van der Waals surface area (Å²) in [6.45, 7) is 2.72. The normalized spacial score (nSPS) is 21.9. The SMILES string of the molecule is O=C(O)c1ccc(CC(=O)[C@@H]2c3ccccc3CCN2C(=O)C2CCC3(CCNCC3)CC2)cc1. The third kappa shape index (κ3) is 4.90. The van der Waals surface area contributed by atoms with Gasteiger partial charge in [0.25, 0.3) is 0 Å². The molecule has 1 aliphatic carbocycles. The standard InChI is InChI=1S/C29H34N2O4/c32-25(19-20-5-7-23(8-6-20)28(34)35)26-24-4-2-1-3-21(24)11-18-31(26)27(33)22-9-12-29(13-10-22)14-16-30-17-15-29/h1-8,22,26,30H,9-19H2,(H,34,35)/t26-/m0/s1. The van der Waals surface area contributed by atoms with E-state index in [9.17, 15) is 14.4 Å². The van der Waals surface area contributed by atoms with Crippen LogP contribution in [-0.2, 0) is 22.4 Å². The number of amides is 1. The van der Waals surface area contributed by atoms with Gasteiger partial charge < -0.3 is 15.3 Å². The molecule has 0 bridgehead atoms. The first-order chi connectivity index (χ1) is 17.0. The van der Waals surface area contributed by atoms with Crippen molar-refractivity contribution in [1.29, 1.82) is 0 Å². The van der Waals surface area contributed by atoms with Crippen molar-refractivity contribution in [2.24, 2.45) is 11.3 Å². The molecule has 0 unspecified atom stereocenters. The van der Waals surface area contributed by atoms with E-state index in [2.05, 4.69) is 11.4 Å². The molecule has 3 aliphatic rings. The second-order valence-corrected chi connectivity index (χ2v) is 10.6. The second-order valence-electron chi connectivity index (χ2n) is 10.6. The summed E-state index contributed by atoms with van der Waals surface area (Å²) in [7, 11) is 0. The lowest BCUT2D eigenvalue weighted by atomic mass is 9.65. The molecular formula is C29H34N2O4. The second kappa shape index (κ2) is 9.94. The van der Waals surface area contributed by atoms with Gasteiger partial charge in [0.2, 0.25) is 5.91 Å². The number of aromatic carboxylic acids is 1. The Labute approximate surface area is 206 Å². The van der Waals surface area contributed by atoms with Crippen molar-refractivity contribution in [2.45, 2.75) is 57.4 Å². The Hall–Kier alpha value is -2.99. The van der Waals surface area contributed by atoms with Gasteiger partial charge in [-0.25, -0.2) is 4.79 Å². The number of fused-ring (bicyclic) bond motifs is 1. The van der Waals surface area contributed by atoms with Crippen molar-refractivity contribution < 1.29 is 19.5 Å². The van der Waals surface area contributed by atoms with E-state index >= 15 is 0 Å². The highest BCUT2D eigenvalue weighted by atomic mass is 16.4. The van der Waals surface area contributed by atoms with Gasteiger partial charge in [0, 0.05) is 18.9 Å². The van der Waals surface area contributed by atoms with Crippen molar-refractivity contribution in [3.8, 4) is 0 Å². The summed E-state index contributed by atoms with van der Waals surface area (Å²) in [5.74, 6) is -0.882. The maximum Gasteiger partial charge on any atom is 0.335 e. The molecule has 2 aromatic carbocycles. The minimum absolute atomic E-state index is 0.00840. The van der Waals surface area contributed by atoms with Gasteiger partial charge >= 0.3 is 5.97 Å². The first-order valence-electron chi connectivity index (χ1n) is 12.9. The summed E-state index contributed by atoms with van der Waals surface area (Å²) in [6, 6.07) is 13.8. The van der Waals surface area contributed by atoms with Crippen LogP contribution in [0.2, 0.25) is 0 Å². The van der Waals surface area contributed by atoms with Crippen LogP contribution in [0, 0.1) is 11.3 Å². The first kappa shape index (κ1) is 23.7. The lowest BCUT2D eigenvalue weighted by molar-refractivity contribution is -0.145. The minimum atomic E-state index is -0.986. The third-order valence-corrected chi connectivity index (χ3v) is 8.51. The summed E-state index contributed by atoms with van der Waals surface area (Å²) >= 11 is 0. The number of carboxylic acids is 1. The van der Waals surface area contributed by atoms with Gasteiger partial charge in [-0.05, 0) is 92.3 Å². The van der Waals surface area contributed by atoms with Gasteiger partial charge in [-0.2, -0.15) is 0 Å². The minimum Gasteiger partial charge on any atom is -0.478 e. The molecule has 2 aromatic rings. The fraction of sp³-hybridized carbons (Fsp3) is 0.483. The predicted molar refractivity (Wildman–Crippen MR) is 133 cm³/mol. The van der Waals surface area contributed by atoms with Crippen LogP contribution in [0.25, 0.3) is 0 Å². The van der Waals surface area contributed by atoms with Crippen LogP contribution in [0.5, 0.6) is 0 Å². The van der Waals surface area contributed by atoms with Gasteiger partial charge in [0.1, 0.15) is 6.04 Å². The smallest absolute Gasteiger partial charge is 0.335 e. The van der Waals surface area contributed by atoms with Crippen molar-refractivity contribution in [1.82, 2.24) is 10.2 Å². The number of Topliss-reactive ketones (excluding diaryl/α,β-unsaturated/α-hetero) is 1. The molecule has 0 radical (unpaired) electrons. The number of piperidine rings is 1. The number of carboxylic acid groups (broad SMARTS) is 1. The number of hydrogen-bond acceptors (Lipinski definition) is 4. The molecule has 2 N–H and O–H groups in total. The number of benzene rings is 2. The molecule has 1 saturated heterocycles. The Morgan fingerprint density at radius 3 is 2.31 bits per heavy atom. The highest BCUT2D eigenvalue weighted by Gasteiger charge is 2.42. The maximum absolute atomic E-state index is 13.8. The quantitative estimate of drug-likeness (QED) is 0.679. The van der Waals surface area contributed by atoms with E-state index in [1.807, 2.05) is 23.1 Å². The van der Waals surface area contributed by atoms with Crippen LogP contribution in [0.4, 0.5) is 0 Å². The molecule has 6 heteroatoms. The number of ketones is 1. The molecule has 1 amide bonds. The van der Waals surface area contributed by atoms with Crippen LogP contribution in [0.15, 0.2) is 48.5 Å². The summed E-state index contributed by atoms with van der Waals surface area (Å²) in [5.41, 5.74) is 3.43. The highest BCUT2D eigenvalue weighted by molar-refractivity contribution is 5.93. The van der Waals surface area contributed by atoms with E-state index in [-0.39, 0.29) is 29.6 Å². The fourth-order valence-electron chi connectivity index (χ4n) is 6.38. The molecule has 1 atom stereocenters. The van der Waals surface area contributed by atoms with Crippen molar-refractivity contribution in [2.75, 3.05) is 19.6 Å². The molecule has 2 aliphatic heterocycles. The summed E-state index contributed by atoms with van der Waals surface area (Å²) < 4.78 is 0. The lowest BCUT2D eigenvalue weighted by Gasteiger charge is -2.45. The van der Waals surface area contributed by atoms with Crippen molar-refractivity contribution >= 4 is 17.7 Å². The topological polar surface area (TPSA) is 86.7 Å². The highest BCUT2D eigenvalue weighted by Crippen LogP contribution is 2.46. The van der Waals surface area contributed by atoms with Crippen LogP contribution in [0.1, 0.15) is 71.6 Å². The molecule has 0 aromatic heterocycles. The van der Waals surface area contributed by atoms with E-state index in [0.717, 1.165) is 61.9 Å². The Morgan fingerprint density at radius 1 is 0.943 bits per heavy atom. The number of carbonyl (C=O) groups is 3. The Balaban J connectivity index is 1.35. The number of hydrogen-bond donors (Lipinski definition) is 2. The van der Waals surface area contributed by atoms with E-state index in [1.165, 1.54) is 25.0 Å². The first-order valence-corrected chi connectivity index (χ1v) is 12.9. The summed E-state index contributed by atoms with van der Waals surface area (Å²) in [6.07, 6.45) is 7.36. The van der Waals surface area contributed by atoms with Gasteiger partial charge in [0.05, 0.1) is 5.56 Å². The predicted octanol–water partition coefficient (Wildman–Crippen LogP) is 4.18. The zero-order valence-electron chi connectivity index (χ0n) is 20.2. The molecule has 5 rings (SSSR count). The zero-order chi connectivity index (χ0) is 24.4. The van der Waals surface area contributed by atoms with E-state index < -0.39 is 12.0 Å². The molecule has 1 saturated carbocycles. The van der Waals surface area contributed by atoms with Gasteiger partial charge in [-0.1, -0.05) is 36.4 Å². The molecule has 2 fully saturated rings. The zero-order valence-corrected chi connectivity index (χ0v) is 20.2. The fourth-order valence-corrected chi connectivity index (χ4v) is 6.38. The Kier molecular flexibility index (Phi) is 6.74. The van der Waals surface area contributed by atoms with Crippen LogP contribution in [-0.4, -0.2) is 47.3 Å². The molecule has 184 valence electrons. The number of carbonyl (C=O) groups excluding carboxylic acids is 2. The van der Waals surface area contributed by atoms with E-state index in [0.29, 0.717) is 12.0 Å². The number of nitrogens with zero attached hydrogens (tertiary/aromatic N) is 1. The average Bonchev–Trinajstić information content (AvgIpc) is 2.89. The van der Waals surface area contributed by atoms with Gasteiger partial charge in [-0.3, -0.25) is 9.59 Å². The number of nitrogens with one attached hydrogen (secondary N) is 1. The largest absolute Gasteiger partial charge is 0.478 e. The number of rotatable bonds is 5. The molecular weight excluding hydrogens is 440 g/mol. The van der Waals surface area contributed by atoms with Crippen LogP contribution in [0.3, 0.4) is 0 Å². The van der Waals surface area contributed by atoms with Crippen LogP contribution >= 0.6 is 0 Å². The Bertz CT molecular complexity index is 1090. The van der Waals surface area contributed by atoms with Crippen LogP contribution < -0.4 is 5.32 Å². The maximum atomic E-state index is 13.8. The molecule has 35 heavy (non-hydrogen) atoms. The Morgan fingerprint density at radius 2 is 1.63 bits per heavy atom. The molecule has 6 nitrogen and oxygen atoms in total. The summed E-state index contributed by atoms with van der Waals surface area (Å²) in [5, 5.41) is 12.6. The monoisotopic (exact) mass is 474 g/mol. The van der Waals surface area contributed by atoms with Gasteiger partial charge in [-0.15, -0.1) is 0 Å². The van der Waals surface area contributed by atoms with Crippen molar-refractivity contribution in [3.05, 3.63) is 70.8 Å². The molecule has 2 heterocycles. The average molecular weight is 475 g/mol. The lowest BCUT2D eigenvalue weighted by Crippen LogP contribution is -2.48. The third-order valence-electron chi connectivity index (χ3n) is 8.51. The van der Waals surface area contributed by atoms with Crippen molar-refractivity contribution in [3.63, 3.8) is 0 Å². The summed E-state index contributed by atoms with van der Waals surface area (Å²) in [4.78, 5) is 40.5. The van der Waals surface area contributed by atoms with E-state index in [4.69, 9.17) is 5.11 Å². The van der Waals surface area contributed by atoms with Gasteiger partial charge in [0.15, 0.2) is 5.78 Å². The molecule has 1 spiro atoms. The van der Waals surface area contributed by atoms with E-state index in [1.54, 1.807) is 12.1 Å².